The van der Waals surface area contributed by atoms with E-state index in [2.05, 4.69) is 5.32 Å². The zero-order valence-corrected chi connectivity index (χ0v) is 10.8. The summed E-state index contributed by atoms with van der Waals surface area (Å²) in [7, 11) is 0. The molecule has 0 aromatic carbocycles. The lowest BCUT2D eigenvalue weighted by molar-refractivity contribution is -0.133. The van der Waals surface area contributed by atoms with Gasteiger partial charge in [-0.05, 0) is 26.2 Å². The zero-order valence-electron chi connectivity index (χ0n) is 10.8. The Bertz CT molecular complexity index is 283. The number of likely N-dealkylation sites (tertiary alicyclic amines) is 1. The Morgan fingerprint density at radius 1 is 1.35 bits per heavy atom. The van der Waals surface area contributed by atoms with Gasteiger partial charge in [-0.15, -0.1) is 0 Å². The molecule has 0 saturated carbocycles. The third kappa shape index (κ3) is 4.00. The van der Waals surface area contributed by atoms with Crippen LogP contribution in [0.15, 0.2) is 0 Å². The van der Waals surface area contributed by atoms with E-state index in [0.29, 0.717) is 6.42 Å². The molecule has 3 N–H and O–H groups in total. The summed E-state index contributed by atoms with van der Waals surface area (Å²) < 4.78 is 0. The monoisotopic (exact) mass is 241 g/mol. The molecule has 1 saturated heterocycles. The van der Waals surface area contributed by atoms with E-state index in [-0.39, 0.29) is 18.4 Å². The summed E-state index contributed by atoms with van der Waals surface area (Å²) in [6.45, 7) is 5.36. The maximum atomic E-state index is 11.8. The number of nitrogens with two attached hydrogens (primary N) is 1. The average molecular weight is 241 g/mol. The van der Waals surface area contributed by atoms with Crippen molar-refractivity contribution in [3.63, 3.8) is 0 Å². The van der Waals surface area contributed by atoms with Crippen LogP contribution in [-0.2, 0) is 9.59 Å². The number of nitrogens with zero attached hydrogens (tertiary/aromatic N) is 1. The van der Waals surface area contributed by atoms with Crippen molar-refractivity contribution in [3.8, 4) is 0 Å². The third-order valence-electron chi connectivity index (χ3n) is 3.15. The summed E-state index contributed by atoms with van der Waals surface area (Å²) >= 11 is 0. The van der Waals surface area contributed by atoms with E-state index in [4.69, 9.17) is 5.73 Å². The van der Waals surface area contributed by atoms with Crippen molar-refractivity contribution in [1.82, 2.24) is 10.2 Å². The number of carbonyl (C=O) groups is 2. The number of amides is 2. The first-order valence-electron chi connectivity index (χ1n) is 6.32. The summed E-state index contributed by atoms with van der Waals surface area (Å²) in [5.74, 6) is -0.255. The minimum Gasteiger partial charge on any atom is -0.345 e. The number of nitrogens with one attached hydrogen (secondary N) is 1. The Balaban J connectivity index is 2.34. The van der Waals surface area contributed by atoms with Gasteiger partial charge in [0, 0.05) is 13.1 Å². The predicted octanol–water partition coefficient (Wildman–Crippen LogP) is 0.243. The molecule has 1 atom stereocenters. The van der Waals surface area contributed by atoms with Crippen molar-refractivity contribution in [2.24, 2.45) is 5.73 Å². The minimum atomic E-state index is -0.875. The van der Waals surface area contributed by atoms with Gasteiger partial charge in [0.1, 0.15) is 0 Å². The average Bonchev–Trinajstić information content (AvgIpc) is 2.78. The Morgan fingerprint density at radius 2 is 1.94 bits per heavy atom. The van der Waals surface area contributed by atoms with Crippen molar-refractivity contribution < 1.29 is 9.59 Å². The molecular formula is C12H23N3O2. The van der Waals surface area contributed by atoms with Gasteiger partial charge in [-0.2, -0.15) is 0 Å². The summed E-state index contributed by atoms with van der Waals surface area (Å²) in [5, 5.41) is 2.63. The van der Waals surface area contributed by atoms with Crippen LogP contribution in [0.5, 0.6) is 0 Å². The largest absolute Gasteiger partial charge is 0.345 e. The number of rotatable bonds is 5. The van der Waals surface area contributed by atoms with Gasteiger partial charge in [-0.25, -0.2) is 0 Å². The topological polar surface area (TPSA) is 75.4 Å². The molecule has 1 fully saturated rings. The van der Waals surface area contributed by atoms with Gasteiger partial charge in [-0.1, -0.05) is 13.3 Å². The van der Waals surface area contributed by atoms with Crippen LogP contribution in [0, 0.1) is 0 Å². The quantitative estimate of drug-likeness (QED) is 0.724. The summed E-state index contributed by atoms with van der Waals surface area (Å²) in [4.78, 5) is 25.3. The van der Waals surface area contributed by atoms with Crippen LogP contribution in [-0.4, -0.2) is 41.9 Å². The lowest BCUT2D eigenvalue weighted by Gasteiger charge is -2.23. The van der Waals surface area contributed by atoms with Gasteiger partial charge in [0.25, 0.3) is 0 Å². The molecule has 98 valence electrons. The van der Waals surface area contributed by atoms with Crippen LogP contribution in [0.2, 0.25) is 0 Å². The highest BCUT2D eigenvalue weighted by atomic mass is 16.2. The molecule has 0 bridgehead atoms. The number of hydrogen-bond donors (Lipinski definition) is 2. The fourth-order valence-electron chi connectivity index (χ4n) is 2.07. The summed E-state index contributed by atoms with van der Waals surface area (Å²) in [6, 6.07) is 0. The van der Waals surface area contributed by atoms with Gasteiger partial charge in [0.15, 0.2) is 0 Å². The van der Waals surface area contributed by atoms with Gasteiger partial charge in [0.2, 0.25) is 11.8 Å². The Hall–Kier alpha value is -1.10. The number of hydrogen-bond acceptors (Lipinski definition) is 3. The van der Waals surface area contributed by atoms with E-state index >= 15 is 0 Å². The normalized spacial score (nSPS) is 18.9. The maximum Gasteiger partial charge on any atom is 0.241 e. The molecule has 0 aromatic rings. The standard InChI is InChI=1S/C12H23N3O2/c1-3-6-12(2,13)11(17)14-9-10(16)15-7-4-5-8-15/h3-9,13H2,1-2H3,(H,14,17). The van der Waals surface area contributed by atoms with Crippen molar-refractivity contribution in [2.75, 3.05) is 19.6 Å². The van der Waals surface area contributed by atoms with Crippen LogP contribution < -0.4 is 11.1 Å². The van der Waals surface area contributed by atoms with Gasteiger partial charge < -0.3 is 16.0 Å². The van der Waals surface area contributed by atoms with Gasteiger partial charge in [-0.3, -0.25) is 9.59 Å². The van der Waals surface area contributed by atoms with Gasteiger partial charge >= 0.3 is 0 Å². The van der Waals surface area contributed by atoms with Crippen molar-refractivity contribution in [3.05, 3.63) is 0 Å². The molecule has 0 spiro atoms. The Labute approximate surface area is 103 Å². The number of carbonyl (C=O) groups excluding carboxylic acids is 2. The first-order chi connectivity index (χ1) is 7.97. The lowest BCUT2D eigenvalue weighted by Crippen LogP contribution is -2.53. The first-order valence-corrected chi connectivity index (χ1v) is 6.32. The summed E-state index contributed by atoms with van der Waals surface area (Å²) in [5.41, 5.74) is 5.00. The third-order valence-corrected chi connectivity index (χ3v) is 3.15. The van der Waals surface area contributed by atoms with E-state index in [1.807, 2.05) is 6.92 Å². The zero-order chi connectivity index (χ0) is 12.9. The maximum absolute atomic E-state index is 11.8. The van der Waals surface area contributed by atoms with E-state index in [0.717, 1.165) is 32.4 Å². The highest BCUT2D eigenvalue weighted by Gasteiger charge is 2.28. The minimum absolute atomic E-state index is 0.0110. The molecule has 5 nitrogen and oxygen atoms in total. The van der Waals surface area contributed by atoms with E-state index in [1.165, 1.54) is 0 Å². The second kappa shape index (κ2) is 6.00. The molecule has 1 heterocycles. The van der Waals surface area contributed by atoms with Crippen LogP contribution in [0.4, 0.5) is 0 Å². The molecule has 17 heavy (non-hydrogen) atoms. The Morgan fingerprint density at radius 3 is 2.47 bits per heavy atom. The predicted molar refractivity (Wildman–Crippen MR) is 66.3 cm³/mol. The lowest BCUT2D eigenvalue weighted by atomic mass is 9.96. The second-order valence-electron chi connectivity index (χ2n) is 4.94. The highest BCUT2D eigenvalue weighted by Crippen LogP contribution is 2.09. The van der Waals surface area contributed by atoms with Crippen molar-refractivity contribution >= 4 is 11.8 Å². The first kappa shape index (κ1) is 14.0. The summed E-state index contributed by atoms with van der Waals surface area (Å²) in [6.07, 6.45) is 3.59. The molecule has 0 aliphatic carbocycles. The molecule has 1 unspecified atom stereocenters. The molecule has 1 aliphatic rings. The molecule has 0 radical (unpaired) electrons. The SMILES string of the molecule is CCCC(C)(N)C(=O)NCC(=O)N1CCCC1. The Kier molecular flexibility index (Phi) is 4.93. The molecular weight excluding hydrogens is 218 g/mol. The van der Waals surface area contributed by atoms with Crippen LogP contribution in [0.1, 0.15) is 39.5 Å². The highest BCUT2D eigenvalue weighted by molar-refractivity contribution is 5.89. The van der Waals surface area contributed by atoms with E-state index < -0.39 is 5.54 Å². The molecule has 1 rings (SSSR count). The van der Waals surface area contributed by atoms with Crippen LogP contribution in [0.25, 0.3) is 0 Å². The molecule has 5 heteroatoms. The molecule has 2 amide bonds. The molecule has 0 aromatic heterocycles. The van der Waals surface area contributed by atoms with E-state index in [1.54, 1.807) is 11.8 Å². The molecule has 1 aliphatic heterocycles. The smallest absolute Gasteiger partial charge is 0.241 e. The van der Waals surface area contributed by atoms with Crippen molar-refractivity contribution in [1.29, 1.82) is 0 Å². The van der Waals surface area contributed by atoms with Crippen LogP contribution >= 0.6 is 0 Å². The van der Waals surface area contributed by atoms with E-state index in [9.17, 15) is 9.59 Å². The van der Waals surface area contributed by atoms with Gasteiger partial charge in [0.05, 0.1) is 12.1 Å². The van der Waals surface area contributed by atoms with Crippen molar-refractivity contribution in [2.45, 2.75) is 45.1 Å². The fourth-order valence-corrected chi connectivity index (χ4v) is 2.07. The fraction of sp³-hybridized carbons (Fsp3) is 0.833. The second-order valence-corrected chi connectivity index (χ2v) is 4.94. The van der Waals surface area contributed by atoms with Crippen LogP contribution in [0.3, 0.4) is 0 Å².